The van der Waals surface area contributed by atoms with Crippen LogP contribution in [-0.4, -0.2) is 47.2 Å². The molecule has 0 saturated heterocycles. The Morgan fingerprint density at radius 3 is 2.82 bits per heavy atom. The highest BCUT2D eigenvalue weighted by molar-refractivity contribution is 4.83. The molecule has 0 bridgehead atoms. The van der Waals surface area contributed by atoms with Gasteiger partial charge in [-0.1, -0.05) is 5.16 Å². The van der Waals surface area contributed by atoms with Crippen LogP contribution in [0.2, 0.25) is 0 Å². The average Bonchev–Trinajstić information content (AvgIpc) is 2.68. The minimum absolute atomic E-state index is 0.144. The number of hydrogen-bond donors (Lipinski definition) is 2. The van der Waals surface area contributed by atoms with Crippen LogP contribution in [-0.2, 0) is 11.2 Å². The summed E-state index contributed by atoms with van der Waals surface area (Å²) >= 11 is 0. The number of ether oxygens (including phenoxy) is 1. The molecule has 17 heavy (non-hydrogen) atoms. The molecule has 0 radical (unpaired) electrons. The Morgan fingerprint density at radius 1 is 1.47 bits per heavy atom. The highest BCUT2D eigenvalue weighted by Gasteiger charge is 2.06. The fourth-order valence-corrected chi connectivity index (χ4v) is 1.27. The largest absolute Gasteiger partial charge is 0.389 e. The van der Waals surface area contributed by atoms with Gasteiger partial charge in [0.05, 0.1) is 18.8 Å². The standard InChI is InChI=1S/C11H21N3O3/c1-8(2)16-7-10(15)6-12-5-4-11-13-9(3)14-17-11/h8,10,12,15H,4-7H2,1-3H3. The molecule has 0 aliphatic rings. The molecular formula is C11H21N3O3. The maximum atomic E-state index is 9.56. The van der Waals surface area contributed by atoms with Crippen molar-refractivity contribution in [3.05, 3.63) is 11.7 Å². The van der Waals surface area contributed by atoms with Gasteiger partial charge in [-0.15, -0.1) is 0 Å². The summed E-state index contributed by atoms with van der Waals surface area (Å²) in [6, 6.07) is 0. The Morgan fingerprint density at radius 2 is 2.24 bits per heavy atom. The Bertz CT molecular complexity index is 315. The van der Waals surface area contributed by atoms with Crippen molar-refractivity contribution in [2.24, 2.45) is 0 Å². The number of aromatic nitrogens is 2. The molecular weight excluding hydrogens is 222 g/mol. The lowest BCUT2D eigenvalue weighted by atomic mass is 10.3. The second kappa shape index (κ2) is 7.37. The molecule has 0 fully saturated rings. The Labute approximate surface area is 101 Å². The van der Waals surface area contributed by atoms with Gasteiger partial charge in [0, 0.05) is 19.5 Å². The molecule has 1 rings (SSSR count). The number of rotatable bonds is 8. The van der Waals surface area contributed by atoms with E-state index in [0.29, 0.717) is 37.8 Å². The molecule has 0 saturated carbocycles. The van der Waals surface area contributed by atoms with E-state index in [0.717, 1.165) is 0 Å². The molecule has 1 aromatic heterocycles. The zero-order chi connectivity index (χ0) is 12.7. The van der Waals surface area contributed by atoms with Gasteiger partial charge in [-0.3, -0.25) is 0 Å². The van der Waals surface area contributed by atoms with Gasteiger partial charge in [0.25, 0.3) is 0 Å². The van der Waals surface area contributed by atoms with Crippen molar-refractivity contribution in [3.63, 3.8) is 0 Å². The summed E-state index contributed by atoms with van der Waals surface area (Å²) in [5.41, 5.74) is 0. The fraction of sp³-hybridized carbons (Fsp3) is 0.818. The zero-order valence-electron chi connectivity index (χ0n) is 10.6. The molecule has 0 spiro atoms. The summed E-state index contributed by atoms with van der Waals surface area (Å²) in [5.74, 6) is 1.26. The van der Waals surface area contributed by atoms with Gasteiger partial charge in [0.2, 0.25) is 5.89 Å². The molecule has 6 heteroatoms. The molecule has 0 aliphatic heterocycles. The van der Waals surface area contributed by atoms with Gasteiger partial charge >= 0.3 is 0 Å². The van der Waals surface area contributed by atoms with E-state index in [2.05, 4.69) is 15.5 Å². The Kier molecular flexibility index (Phi) is 6.10. The minimum atomic E-state index is -0.484. The monoisotopic (exact) mass is 243 g/mol. The SMILES string of the molecule is Cc1noc(CCNCC(O)COC(C)C)n1. The third kappa shape index (κ3) is 6.35. The first-order valence-corrected chi connectivity index (χ1v) is 5.87. The lowest BCUT2D eigenvalue weighted by Crippen LogP contribution is -2.32. The highest BCUT2D eigenvalue weighted by Crippen LogP contribution is 1.96. The van der Waals surface area contributed by atoms with Gasteiger partial charge in [-0.2, -0.15) is 4.98 Å². The number of nitrogens with one attached hydrogen (secondary N) is 1. The molecule has 2 N–H and O–H groups in total. The number of aliphatic hydroxyl groups excluding tert-OH is 1. The van der Waals surface area contributed by atoms with Crippen LogP contribution < -0.4 is 5.32 Å². The van der Waals surface area contributed by atoms with E-state index in [1.807, 2.05) is 13.8 Å². The first-order valence-electron chi connectivity index (χ1n) is 5.87. The summed E-state index contributed by atoms with van der Waals surface area (Å²) in [4.78, 5) is 4.08. The van der Waals surface area contributed by atoms with Crippen LogP contribution in [0.4, 0.5) is 0 Å². The van der Waals surface area contributed by atoms with Gasteiger partial charge in [-0.25, -0.2) is 0 Å². The minimum Gasteiger partial charge on any atom is -0.389 e. The summed E-state index contributed by atoms with van der Waals surface area (Å²) in [7, 11) is 0. The summed E-state index contributed by atoms with van der Waals surface area (Å²) < 4.78 is 10.3. The van der Waals surface area contributed by atoms with Crippen LogP contribution in [0.1, 0.15) is 25.6 Å². The predicted octanol–water partition coefficient (Wildman–Crippen LogP) is 0.296. The van der Waals surface area contributed by atoms with Gasteiger partial charge in [0.15, 0.2) is 5.82 Å². The quantitative estimate of drug-likeness (QED) is 0.639. The molecule has 1 aromatic rings. The van der Waals surface area contributed by atoms with E-state index in [4.69, 9.17) is 9.26 Å². The van der Waals surface area contributed by atoms with E-state index in [9.17, 15) is 5.11 Å². The molecule has 6 nitrogen and oxygen atoms in total. The second-order valence-corrected chi connectivity index (χ2v) is 4.23. The maximum absolute atomic E-state index is 9.56. The van der Waals surface area contributed by atoms with Crippen LogP contribution >= 0.6 is 0 Å². The van der Waals surface area contributed by atoms with E-state index < -0.39 is 6.10 Å². The van der Waals surface area contributed by atoms with E-state index in [1.54, 1.807) is 6.92 Å². The zero-order valence-corrected chi connectivity index (χ0v) is 10.6. The Balaban J connectivity index is 2.03. The summed E-state index contributed by atoms with van der Waals surface area (Å²) in [6.45, 7) is 7.22. The highest BCUT2D eigenvalue weighted by atomic mass is 16.5. The van der Waals surface area contributed by atoms with E-state index in [1.165, 1.54) is 0 Å². The summed E-state index contributed by atoms with van der Waals surface area (Å²) in [5, 5.41) is 16.4. The number of nitrogens with zero attached hydrogens (tertiary/aromatic N) is 2. The third-order valence-electron chi connectivity index (χ3n) is 2.09. The molecule has 1 atom stereocenters. The first kappa shape index (κ1) is 14.1. The number of hydrogen-bond acceptors (Lipinski definition) is 6. The molecule has 0 amide bonds. The lowest BCUT2D eigenvalue weighted by molar-refractivity contribution is 0.00648. The van der Waals surface area contributed by atoms with Gasteiger partial charge < -0.3 is 19.7 Å². The number of aryl methyl sites for hydroxylation is 1. The third-order valence-corrected chi connectivity index (χ3v) is 2.09. The smallest absolute Gasteiger partial charge is 0.227 e. The normalized spacial score (nSPS) is 13.2. The van der Waals surface area contributed by atoms with Crippen LogP contribution in [0.25, 0.3) is 0 Å². The van der Waals surface area contributed by atoms with Crippen molar-refractivity contribution in [1.82, 2.24) is 15.5 Å². The van der Waals surface area contributed by atoms with Crippen molar-refractivity contribution in [3.8, 4) is 0 Å². The summed E-state index contributed by atoms with van der Waals surface area (Å²) in [6.07, 6.45) is 0.325. The van der Waals surface area contributed by atoms with Gasteiger partial charge in [0.1, 0.15) is 0 Å². The van der Waals surface area contributed by atoms with Crippen LogP contribution in [0.3, 0.4) is 0 Å². The first-order chi connectivity index (χ1) is 8.08. The van der Waals surface area contributed by atoms with Crippen molar-refractivity contribution in [1.29, 1.82) is 0 Å². The van der Waals surface area contributed by atoms with E-state index in [-0.39, 0.29) is 6.10 Å². The number of aliphatic hydroxyl groups is 1. The fourth-order valence-electron chi connectivity index (χ4n) is 1.27. The van der Waals surface area contributed by atoms with Gasteiger partial charge in [-0.05, 0) is 20.8 Å². The molecule has 1 unspecified atom stereocenters. The van der Waals surface area contributed by atoms with Crippen molar-refractivity contribution in [2.75, 3.05) is 19.7 Å². The van der Waals surface area contributed by atoms with Crippen LogP contribution in [0, 0.1) is 6.92 Å². The van der Waals surface area contributed by atoms with E-state index >= 15 is 0 Å². The topological polar surface area (TPSA) is 80.4 Å². The predicted molar refractivity (Wildman–Crippen MR) is 62.7 cm³/mol. The average molecular weight is 243 g/mol. The van der Waals surface area contributed by atoms with Crippen molar-refractivity contribution < 1.29 is 14.4 Å². The molecule has 0 aliphatic carbocycles. The molecule has 0 aromatic carbocycles. The lowest BCUT2D eigenvalue weighted by Gasteiger charge is -2.13. The van der Waals surface area contributed by atoms with Crippen molar-refractivity contribution in [2.45, 2.75) is 39.4 Å². The van der Waals surface area contributed by atoms with Crippen LogP contribution in [0.5, 0.6) is 0 Å². The van der Waals surface area contributed by atoms with Crippen LogP contribution in [0.15, 0.2) is 4.52 Å². The second-order valence-electron chi connectivity index (χ2n) is 4.23. The Hall–Kier alpha value is -0.980. The maximum Gasteiger partial charge on any atom is 0.227 e. The van der Waals surface area contributed by atoms with Crippen molar-refractivity contribution >= 4 is 0 Å². The molecule has 1 heterocycles. The molecule has 98 valence electrons.